The van der Waals surface area contributed by atoms with E-state index in [1.807, 2.05) is 12.1 Å². The number of anilines is 2. The van der Waals surface area contributed by atoms with Crippen molar-refractivity contribution in [2.45, 2.75) is 30.3 Å². The fraction of sp³-hybridized carbons (Fsp3) is 0.250. The molecule has 0 atom stereocenters. The minimum atomic E-state index is -4.31. The van der Waals surface area contributed by atoms with E-state index in [0.717, 1.165) is 60.1 Å². The van der Waals surface area contributed by atoms with Gasteiger partial charge in [0.25, 0.3) is 0 Å². The molecule has 0 unspecified atom stereocenters. The van der Waals surface area contributed by atoms with Crippen molar-refractivity contribution in [2.75, 3.05) is 18.0 Å². The van der Waals surface area contributed by atoms with Crippen molar-refractivity contribution >= 4 is 34.9 Å². The van der Waals surface area contributed by atoms with Crippen molar-refractivity contribution in [1.29, 1.82) is 0 Å². The Morgan fingerprint density at radius 2 is 1.61 bits per heavy atom. The Hall–Kier alpha value is -2.15. The van der Waals surface area contributed by atoms with Crippen LogP contribution in [-0.4, -0.2) is 13.1 Å². The molecular weight excluding hydrogens is 441 g/mol. The summed E-state index contributed by atoms with van der Waals surface area (Å²) in [5.74, 6) is 0. The second kappa shape index (κ2) is 9.55. The lowest BCUT2D eigenvalue weighted by atomic mass is 10.0. The number of rotatable bonds is 6. The monoisotopic (exact) mass is 462 g/mol. The van der Waals surface area contributed by atoms with E-state index in [1.54, 1.807) is 0 Å². The summed E-state index contributed by atoms with van der Waals surface area (Å²) in [6, 6.07) is 19.7. The maximum absolute atomic E-state index is 12.7. The zero-order chi connectivity index (χ0) is 21.8. The van der Waals surface area contributed by atoms with Gasteiger partial charge in [0.1, 0.15) is 0 Å². The number of hydrogen-bond acceptors (Lipinski definition) is 3. The zero-order valence-corrected chi connectivity index (χ0v) is 18.3. The average molecular weight is 463 g/mol. The highest BCUT2D eigenvalue weighted by Gasteiger charge is 2.29. The Morgan fingerprint density at radius 3 is 2.35 bits per heavy atom. The number of alkyl halides is 3. The Kier molecular flexibility index (Phi) is 6.80. The van der Waals surface area contributed by atoms with Gasteiger partial charge in [-0.05, 0) is 84.8 Å². The first kappa shape index (κ1) is 22.1. The molecule has 3 aromatic rings. The average Bonchev–Trinajstić information content (AvgIpc) is 2.90. The van der Waals surface area contributed by atoms with E-state index in [-0.39, 0.29) is 0 Å². The molecule has 1 aliphatic heterocycles. The standard InChI is InChI=1S/C24H22ClF3N2S/c25-20-11-8-18-7-6-17-4-1-2-5-22(17)30(23(18)16-20)15-3-14-29-31-21-12-9-19(10-13-21)24(26,27)28/h1-2,4-5,8-13,16,29H,3,6-7,14-15H2. The van der Waals surface area contributed by atoms with Crippen molar-refractivity contribution in [3.05, 3.63) is 88.4 Å². The van der Waals surface area contributed by atoms with Crippen LogP contribution in [0.5, 0.6) is 0 Å². The number of benzene rings is 3. The molecule has 0 aromatic heterocycles. The molecular formula is C24H22ClF3N2S. The van der Waals surface area contributed by atoms with E-state index >= 15 is 0 Å². The van der Waals surface area contributed by atoms with Gasteiger partial charge in [0.05, 0.1) is 5.56 Å². The van der Waals surface area contributed by atoms with Crippen LogP contribution in [0.1, 0.15) is 23.1 Å². The Balaban J connectivity index is 1.39. The van der Waals surface area contributed by atoms with E-state index in [9.17, 15) is 13.2 Å². The third-order valence-electron chi connectivity index (χ3n) is 5.32. The van der Waals surface area contributed by atoms with Crippen molar-refractivity contribution in [1.82, 2.24) is 4.72 Å². The molecule has 0 amide bonds. The van der Waals surface area contributed by atoms with Gasteiger partial charge in [-0.15, -0.1) is 0 Å². The molecule has 7 heteroatoms. The van der Waals surface area contributed by atoms with Crippen LogP contribution in [0.3, 0.4) is 0 Å². The number of nitrogens with one attached hydrogen (secondary N) is 1. The van der Waals surface area contributed by atoms with Crippen LogP contribution in [0.2, 0.25) is 5.02 Å². The van der Waals surface area contributed by atoms with Gasteiger partial charge in [0.15, 0.2) is 0 Å². The van der Waals surface area contributed by atoms with Crippen molar-refractivity contribution < 1.29 is 13.2 Å². The minimum absolute atomic E-state index is 0.631. The molecule has 0 saturated carbocycles. The van der Waals surface area contributed by atoms with Crippen LogP contribution in [0.25, 0.3) is 0 Å². The van der Waals surface area contributed by atoms with E-state index in [1.165, 1.54) is 40.9 Å². The molecule has 0 fully saturated rings. The molecule has 0 aliphatic carbocycles. The highest BCUT2D eigenvalue weighted by atomic mass is 35.5. The van der Waals surface area contributed by atoms with Crippen LogP contribution >= 0.6 is 23.5 Å². The molecule has 1 heterocycles. The van der Waals surface area contributed by atoms with Crippen LogP contribution in [0.15, 0.2) is 71.6 Å². The lowest BCUT2D eigenvalue weighted by molar-refractivity contribution is -0.137. The highest BCUT2D eigenvalue weighted by molar-refractivity contribution is 7.97. The van der Waals surface area contributed by atoms with Gasteiger partial charge in [0, 0.05) is 34.4 Å². The van der Waals surface area contributed by atoms with E-state index < -0.39 is 11.7 Å². The first-order valence-electron chi connectivity index (χ1n) is 10.1. The minimum Gasteiger partial charge on any atom is -0.341 e. The van der Waals surface area contributed by atoms with Crippen LogP contribution in [0.4, 0.5) is 24.5 Å². The molecule has 2 nitrogen and oxygen atoms in total. The van der Waals surface area contributed by atoms with Crippen LogP contribution in [-0.2, 0) is 19.0 Å². The van der Waals surface area contributed by atoms with Gasteiger partial charge in [-0.3, -0.25) is 4.72 Å². The second-order valence-electron chi connectivity index (χ2n) is 7.43. The van der Waals surface area contributed by atoms with Gasteiger partial charge >= 0.3 is 6.18 Å². The maximum atomic E-state index is 12.7. The molecule has 4 rings (SSSR count). The number of halogens is 4. The third-order valence-corrected chi connectivity index (χ3v) is 6.41. The fourth-order valence-electron chi connectivity index (χ4n) is 3.78. The number of aryl methyl sites for hydroxylation is 2. The molecule has 0 bridgehead atoms. The maximum Gasteiger partial charge on any atom is 0.416 e. The normalized spacial score (nSPS) is 13.5. The third kappa shape index (κ3) is 5.37. The highest BCUT2D eigenvalue weighted by Crippen LogP contribution is 2.37. The summed E-state index contributed by atoms with van der Waals surface area (Å²) in [7, 11) is 0. The summed E-state index contributed by atoms with van der Waals surface area (Å²) in [6.07, 6.45) is -1.47. The number of fused-ring (bicyclic) bond motifs is 2. The Morgan fingerprint density at radius 1 is 0.903 bits per heavy atom. The van der Waals surface area contributed by atoms with Gasteiger partial charge in [0.2, 0.25) is 0 Å². The topological polar surface area (TPSA) is 15.3 Å². The summed E-state index contributed by atoms with van der Waals surface area (Å²) in [5.41, 5.74) is 4.33. The van der Waals surface area contributed by atoms with Crippen molar-refractivity contribution in [3.8, 4) is 0 Å². The number of para-hydroxylation sites is 1. The van der Waals surface area contributed by atoms with Crippen molar-refractivity contribution in [3.63, 3.8) is 0 Å². The first-order chi connectivity index (χ1) is 14.9. The van der Waals surface area contributed by atoms with E-state index in [4.69, 9.17) is 11.6 Å². The number of nitrogens with zero attached hydrogens (tertiary/aromatic N) is 1. The zero-order valence-electron chi connectivity index (χ0n) is 16.8. The Labute approximate surface area is 189 Å². The lowest BCUT2D eigenvalue weighted by Crippen LogP contribution is -2.22. The summed E-state index contributed by atoms with van der Waals surface area (Å²) in [4.78, 5) is 3.08. The molecule has 162 valence electrons. The quantitative estimate of drug-likeness (QED) is 0.306. The molecule has 3 aromatic carbocycles. The predicted molar refractivity (Wildman–Crippen MR) is 122 cm³/mol. The van der Waals surface area contributed by atoms with Gasteiger partial charge < -0.3 is 4.90 Å². The van der Waals surface area contributed by atoms with Gasteiger partial charge in [-0.1, -0.05) is 35.9 Å². The molecule has 0 saturated heterocycles. The summed E-state index contributed by atoms with van der Waals surface area (Å²) in [6.45, 7) is 1.53. The van der Waals surface area contributed by atoms with Crippen LogP contribution < -0.4 is 9.62 Å². The van der Waals surface area contributed by atoms with Crippen LogP contribution in [0, 0.1) is 0 Å². The van der Waals surface area contributed by atoms with Crippen molar-refractivity contribution in [2.24, 2.45) is 0 Å². The van der Waals surface area contributed by atoms with Gasteiger partial charge in [-0.25, -0.2) is 0 Å². The van der Waals surface area contributed by atoms with E-state index in [0.29, 0.717) is 0 Å². The summed E-state index contributed by atoms with van der Waals surface area (Å²) >= 11 is 7.65. The molecule has 31 heavy (non-hydrogen) atoms. The summed E-state index contributed by atoms with van der Waals surface area (Å²) < 4.78 is 41.3. The largest absolute Gasteiger partial charge is 0.416 e. The van der Waals surface area contributed by atoms with Gasteiger partial charge in [-0.2, -0.15) is 13.2 Å². The molecule has 0 radical (unpaired) electrons. The summed E-state index contributed by atoms with van der Waals surface area (Å²) in [5, 5.41) is 0.721. The molecule has 0 spiro atoms. The number of hydrogen-bond donors (Lipinski definition) is 1. The lowest BCUT2D eigenvalue weighted by Gasteiger charge is -2.27. The predicted octanol–water partition coefficient (Wildman–Crippen LogP) is 7.28. The smallest absolute Gasteiger partial charge is 0.341 e. The molecule has 1 aliphatic rings. The fourth-order valence-corrected chi connectivity index (χ4v) is 4.63. The SMILES string of the molecule is FC(F)(F)c1ccc(SNCCCN2c3ccccc3CCc3ccc(Cl)cc32)cc1. The first-order valence-corrected chi connectivity index (χ1v) is 11.3. The second-order valence-corrected chi connectivity index (χ2v) is 8.83. The Bertz CT molecular complexity index is 1040. The molecule has 1 N–H and O–H groups in total. The van der Waals surface area contributed by atoms with E-state index in [2.05, 4.69) is 40.0 Å².